The average Bonchev–Trinajstić information content (AvgIpc) is 2.88. The fourth-order valence-electron chi connectivity index (χ4n) is 3.80. The lowest BCUT2D eigenvalue weighted by Crippen LogP contribution is -2.38. The van der Waals surface area contributed by atoms with Gasteiger partial charge in [0, 0.05) is 16.4 Å². The van der Waals surface area contributed by atoms with Gasteiger partial charge in [-0.05, 0) is 86.1 Å². The number of hydrogen-bond acceptors (Lipinski definition) is 5. The number of carbonyl (C=O) groups excluding carboxylic acids is 1. The molecule has 39 heavy (non-hydrogen) atoms. The van der Waals surface area contributed by atoms with Crippen LogP contribution in [0, 0.1) is 13.8 Å². The molecule has 0 saturated heterocycles. The molecular formula is C28H26ClN3O5S2. The zero-order chi connectivity index (χ0) is 28.2. The summed E-state index contributed by atoms with van der Waals surface area (Å²) in [7, 11) is -7.94. The number of aryl methyl sites for hydroxylation is 2. The topological polar surface area (TPSA) is 113 Å². The van der Waals surface area contributed by atoms with Crippen molar-refractivity contribution in [1.29, 1.82) is 0 Å². The van der Waals surface area contributed by atoms with Crippen LogP contribution in [0.1, 0.15) is 11.1 Å². The van der Waals surface area contributed by atoms with Crippen molar-refractivity contribution >= 4 is 54.6 Å². The van der Waals surface area contributed by atoms with Crippen LogP contribution in [-0.2, 0) is 24.8 Å². The molecule has 0 atom stereocenters. The van der Waals surface area contributed by atoms with Crippen LogP contribution in [-0.4, -0.2) is 29.3 Å². The molecule has 0 fully saturated rings. The van der Waals surface area contributed by atoms with E-state index in [1.165, 1.54) is 36.4 Å². The number of sulfonamides is 2. The van der Waals surface area contributed by atoms with Crippen molar-refractivity contribution in [3.8, 4) is 0 Å². The predicted octanol–water partition coefficient (Wildman–Crippen LogP) is 5.59. The Labute approximate surface area is 233 Å². The van der Waals surface area contributed by atoms with Crippen molar-refractivity contribution in [3.63, 3.8) is 0 Å². The molecule has 0 bridgehead atoms. The van der Waals surface area contributed by atoms with Crippen molar-refractivity contribution in [1.82, 2.24) is 0 Å². The lowest BCUT2D eigenvalue weighted by atomic mass is 10.2. The van der Waals surface area contributed by atoms with Crippen molar-refractivity contribution in [2.45, 2.75) is 23.6 Å². The third-order valence-corrected chi connectivity index (χ3v) is 9.20. The first-order valence-corrected chi connectivity index (χ1v) is 15.1. The molecule has 202 valence electrons. The fraction of sp³-hybridized carbons (Fsp3) is 0.107. The third-order valence-electron chi connectivity index (χ3n) is 5.80. The zero-order valence-corrected chi connectivity index (χ0v) is 23.5. The summed E-state index contributed by atoms with van der Waals surface area (Å²) in [4.78, 5) is 13.1. The van der Waals surface area contributed by atoms with E-state index >= 15 is 0 Å². The molecule has 11 heteroatoms. The van der Waals surface area contributed by atoms with E-state index in [4.69, 9.17) is 11.6 Å². The van der Waals surface area contributed by atoms with Crippen LogP contribution in [0.5, 0.6) is 0 Å². The van der Waals surface area contributed by atoms with Gasteiger partial charge in [0.05, 0.1) is 15.5 Å². The monoisotopic (exact) mass is 583 g/mol. The number of para-hydroxylation sites is 1. The van der Waals surface area contributed by atoms with Crippen LogP contribution in [0.3, 0.4) is 0 Å². The van der Waals surface area contributed by atoms with E-state index < -0.39 is 32.5 Å². The molecule has 2 N–H and O–H groups in total. The second-order valence-corrected chi connectivity index (χ2v) is 12.8. The van der Waals surface area contributed by atoms with Gasteiger partial charge in [-0.2, -0.15) is 0 Å². The van der Waals surface area contributed by atoms with Crippen LogP contribution in [0.25, 0.3) is 0 Å². The Hall–Kier alpha value is -3.86. The summed E-state index contributed by atoms with van der Waals surface area (Å²) in [5, 5.41) is 3.08. The van der Waals surface area contributed by atoms with E-state index in [0.717, 1.165) is 9.87 Å². The first kappa shape index (κ1) is 28.2. The Morgan fingerprint density at radius 3 is 2.00 bits per heavy atom. The van der Waals surface area contributed by atoms with Crippen molar-refractivity contribution in [2.24, 2.45) is 0 Å². The van der Waals surface area contributed by atoms with Gasteiger partial charge >= 0.3 is 0 Å². The maximum absolute atomic E-state index is 13.6. The smallest absolute Gasteiger partial charge is 0.264 e. The van der Waals surface area contributed by atoms with Gasteiger partial charge in [-0.3, -0.25) is 13.8 Å². The molecule has 0 aliphatic heterocycles. The number of benzene rings is 4. The zero-order valence-electron chi connectivity index (χ0n) is 21.1. The lowest BCUT2D eigenvalue weighted by molar-refractivity contribution is -0.114. The quantitative estimate of drug-likeness (QED) is 0.267. The van der Waals surface area contributed by atoms with Crippen LogP contribution in [0.4, 0.5) is 17.1 Å². The van der Waals surface area contributed by atoms with Crippen LogP contribution in [0.15, 0.2) is 107 Å². The normalized spacial score (nSPS) is 11.6. The van der Waals surface area contributed by atoms with Crippen LogP contribution < -0.4 is 14.3 Å². The number of carbonyl (C=O) groups is 1. The molecular weight excluding hydrogens is 558 g/mol. The summed E-state index contributed by atoms with van der Waals surface area (Å²) in [6, 6.07) is 25.1. The molecule has 0 radical (unpaired) electrons. The molecule has 0 aliphatic rings. The van der Waals surface area contributed by atoms with Crippen molar-refractivity contribution in [2.75, 3.05) is 20.9 Å². The molecule has 8 nitrogen and oxygen atoms in total. The van der Waals surface area contributed by atoms with Gasteiger partial charge in [0.2, 0.25) is 5.91 Å². The number of anilines is 3. The van der Waals surface area contributed by atoms with E-state index in [9.17, 15) is 21.6 Å². The minimum atomic E-state index is -4.11. The number of rotatable bonds is 9. The van der Waals surface area contributed by atoms with Crippen molar-refractivity contribution in [3.05, 3.63) is 113 Å². The molecule has 4 rings (SSSR count). The number of hydrogen-bond donors (Lipinski definition) is 2. The molecule has 0 aromatic heterocycles. The number of nitrogens with one attached hydrogen (secondary N) is 2. The summed E-state index contributed by atoms with van der Waals surface area (Å²) >= 11 is 6.08. The van der Waals surface area contributed by atoms with E-state index in [0.29, 0.717) is 27.6 Å². The third kappa shape index (κ3) is 6.78. The van der Waals surface area contributed by atoms with Gasteiger partial charge in [-0.15, -0.1) is 0 Å². The second-order valence-electron chi connectivity index (χ2n) is 8.80. The molecule has 0 saturated carbocycles. The molecule has 1 amide bonds. The highest BCUT2D eigenvalue weighted by Crippen LogP contribution is 2.29. The summed E-state index contributed by atoms with van der Waals surface area (Å²) in [6.07, 6.45) is 0. The Balaban J connectivity index is 1.56. The van der Waals surface area contributed by atoms with E-state index in [2.05, 4.69) is 10.0 Å². The summed E-state index contributed by atoms with van der Waals surface area (Å²) in [5.74, 6) is -0.613. The van der Waals surface area contributed by atoms with Gasteiger partial charge in [0.15, 0.2) is 0 Å². The van der Waals surface area contributed by atoms with Gasteiger partial charge in [0.1, 0.15) is 6.54 Å². The molecule has 0 aliphatic carbocycles. The molecule has 4 aromatic rings. The maximum Gasteiger partial charge on any atom is 0.264 e. The number of amides is 1. The fourth-order valence-corrected chi connectivity index (χ4v) is 6.58. The first-order chi connectivity index (χ1) is 18.5. The summed E-state index contributed by atoms with van der Waals surface area (Å²) in [6.45, 7) is 3.03. The second kappa shape index (κ2) is 11.5. The largest absolute Gasteiger partial charge is 0.325 e. The van der Waals surface area contributed by atoms with Crippen molar-refractivity contribution < 1.29 is 21.6 Å². The molecule has 0 spiro atoms. The van der Waals surface area contributed by atoms with Gasteiger partial charge < -0.3 is 5.32 Å². The van der Waals surface area contributed by atoms with E-state index in [1.807, 2.05) is 6.92 Å². The van der Waals surface area contributed by atoms with E-state index in [-0.39, 0.29) is 9.79 Å². The molecule has 0 unspecified atom stereocenters. The molecule has 4 aromatic carbocycles. The highest BCUT2D eigenvalue weighted by molar-refractivity contribution is 7.93. The Morgan fingerprint density at radius 1 is 0.769 bits per heavy atom. The van der Waals surface area contributed by atoms with Gasteiger partial charge in [0.25, 0.3) is 20.0 Å². The van der Waals surface area contributed by atoms with E-state index in [1.54, 1.807) is 67.6 Å². The summed E-state index contributed by atoms with van der Waals surface area (Å²) in [5.41, 5.74) is 2.50. The summed E-state index contributed by atoms with van der Waals surface area (Å²) < 4.78 is 56.1. The minimum Gasteiger partial charge on any atom is -0.325 e. The van der Waals surface area contributed by atoms with Gasteiger partial charge in [-0.25, -0.2) is 16.8 Å². The molecule has 0 heterocycles. The Morgan fingerprint density at radius 2 is 1.38 bits per heavy atom. The average molecular weight is 584 g/mol. The number of nitrogens with zero attached hydrogens (tertiary/aromatic N) is 1. The van der Waals surface area contributed by atoms with Gasteiger partial charge in [-0.1, -0.05) is 47.5 Å². The standard InChI is InChI=1S/C28H26ClN3O5S2/c1-20-8-13-26(14-9-20)39(36,37)32(27-17-10-22(29)18-21(27)2)19-28(33)30-23-11-15-25(16-12-23)38(34,35)31-24-6-4-3-5-7-24/h3-18,31H,19H2,1-2H3,(H,30,33). The highest BCUT2D eigenvalue weighted by atomic mass is 35.5. The predicted molar refractivity (Wildman–Crippen MR) is 154 cm³/mol. The minimum absolute atomic E-state index is 0.00437. The Bertz CT molecular complexity index is 1690. The SMILES string of the molecule is Cc1ccc(S(=O)(=O)N(CC(=O)Nc2ccc(S(=O)(=O)Nc3ccccc3)cc2)c2ccc(Cl)cc2C)cc1. The lowest BCUT2D eigenvalue weighted by Gasteiger charge is -2.26. The Kier molecular flexibility index (Phi) is 8.29. The first-order valence-electron chi connectivity index (χ1n) is 11.8. The maximum atomic E-state index is 13.6. The van der Waals surface area contributed by atoms with Crippen LogP contribution in [0.2, 0.25) is 5.02 Å². The number of halogens is 1. The highest BCUT2D eigenvalue weighted by Gasteiger charge is 2.28. The van der Waals surface area contributed by atoms with Crippen LogP contribution >= 0.6 is 11.6 Å².